The predicted octanol–water partition coefficient (Wildman–Crippen LogP) is 2.01. The summed E-state index contributed by atoms with van der Waals surface area (Å²) in [5.74, 6) is -0.0515. The molecule has 1 saturated carbocycles. The van der Waals surface area contributed by atoms with Crippen molar-refractivity contribution < 1.29 is 12.8 Å². The predicted molar refractivity (Wildman–Crippen MR) is 76.3 cm³/mol. The van der Waals surface area contributed by atoms with E-state index in [1.54, 1.807) is 6.07 Å². The Hall–Kier alpha value is -0.980. The van der Waals surface area contributed by atoms with Crippen LogP contribution in [0.3, 0.4) is 0 Å². The molecule has 4 nitrogen and oxygen atoms in total. The average Bonchev–Trinajstić information content (AvgIpc) is 3.20. The maximum Gasteiger partial charge on any atom is 0.243 e. The minimum atomic E-state index is -3.74. The third-order valence-electron chi connectivity index (χ3n) is 3.41. The molecule has 0 unspecified atom stereocenters. The quantitative estimate of drug-likeness (QED) is 0.772. The zero-order valence-electron chi connectivity index (χ0n) is 11.7. The van der Waals surface area contributed by atoms with Crippen LogP contribution in [0.5, 0.6) is 0 Å². The zero-order valence-corrected chi connectivity index (χ0v) is 12.5. The molecule has 0 amide bonds. The highest BCUT2D eigenvalue weighted by atomic mass is 32.2. The second-order valence-corrected chi connectivity index (χ2v) is 6.91. The first-order chi connectivity index (χ1) is 9.53. The van der Waals surface area contributed by atoms with Crippen molar-refractivity contribution in [3.63, 3.8) is 0 Å². The van der Waals surface area contributed by atoms with Crippen LogP contribution in [0, 0.1) is 11.7 Å². The number of halogens is 1. The highest BCUT2D eigenvalue weighted by Gasteiger charge is 2.23. The van der Waals surface area contributed by atoms with Crippen LogP contribution in [0.2, 0.25) is 0 Å². The van der Waals surface area contributed by atoms with Gasteiger partial charge in [-0.15, -0.1) is 0 Å². The molecule has 6 heteroatoms. The Bertz CT molecular complexity index is 556. The van der Waals surface area contributed by atoms with E-state index in [2.05, 4.69) is 10.0 Å². The summed E-state index contributed by atoms with van der Waals surface area (Å²) >= 11 is 0. The first kappa shape index (κ1) is 15.4. The molecule has 2 rings (SSSR count). The molecular weight excluding hydrogens is 279 g/mol. The molecule has 0 saturated heterocycles. The van der Waals surface area contributed by atoms with E-state index in [1.807, 2.05) is 6.92 Å². The number of rotatable bonds is 8. The lowest BCUT2D eigenvalue weighted by Crippen LogP contribution is -2.26. The fraction of sp³-hybridized carbons (Fsp3) is 0.571. The third-order valence-corrected chi connectivity index (χ3v) is 4.90. The molecule has 20 heavy (non-hydrogen) atoms. The van der Waals surface area contributed by atoms with Crippen molar-refractivity contribution in [1.82, 2.24) is 10.0 Å². The summed E-state index contributed by atoms with van der Waals surface area (Å²) in [4.78, 5) is -0.270. The molecule has 0 heterocycles. The van der Waals surface area contributed by atoms with Gasteiger partial charge < -0.3 is 5.32 Å². The van der Waals surface area contributed by atoms with Crippen molar-refractivity contribution in [2.45, 2.75) is 37.6 Å². The zero-order chi connectivity index (χ0) is 14.6. The van der Waals surface area contributed by atoms with Gasteiger partial charge in [-0.1, -0.05) is 25.8 Å². The Kier molecular flexibility index (Phi) is 5.12. The third kappa shape index (κ3) is 4.26. The fourth-order valence-corrected chi connectivity index (χ4v) is 3.13. The van der Waals surface area contributed by atoms with E-state index in [-0.39, 0.29) is 4.90 Å². The van der Waals surface area contributed by atoms with Crippen LogP contribution in [0.15, 0.2) is 23.1 Å². The molecule has 0 radical (unpaired) electrons. The molecule has 0 aromatic heterocycles. The number of benzene rings is 1. The van der Waals surface area contributed by atoms with Crippen molar-refractivity contribution >= 4 is 10.0 Å². The van der Waals surface area contributed by atoms with Gasteiger partial charge in [0.2, 0.25) is 10.0 Å². The maximum absolute atomic E-state index is 13.9. The first-order valence-corrected chi connectivity index (χ1v) is 8.50. The molecule has 0 bridgehead atoms. The van der Waals surface area contributed by atoms with Gasteiger partial charge in [0.25, 0.3) is 0 Å². The lowest BCUT2D eigenvalue weighted by Gasteiger charge is -2.09. The number of hydrogen-bond donors (Lipinski definition) is 2. The van der Waals surface area contributed by atoms with E-state index >= 15 is 0 Å². The molecule has 1 aromatic carbocycles. The number of hydrogen-bond acceptors (Lipinski definition) is 3. The lowest BCUT2D eigenvalue weighted by molar-refractivity contribution is 0.551. The maximum atomic E-state index is 13.9. The molecular formula is C14H21FN2O2S. The summed E-state index contributed by atoms with van der Waals surface area (Å²) in [7, 11) is -3.74. The van der Waals surface area contributed by atoms with Gasteiger partial charge in [0.1, 0.15) is 10.7 Å². The van der Waals surface area contributed by atoms with E-state index in [1.165, 1.54) is 25.0 Å². The highest BCUT2D eigenvalue weighted by molar-refractivity contribution is 7.89. The molecule has 1 aliphatic rings. The SMILES string of the molecule is CCNCc1ccc(S(=O)(=O)NCCC2CC2)c(F)c1. The van der Waals surface area contributed by atoms with Gasteiger partial charge in [-0.3, -0.25) is 0 Å². The second kappa shape index (κ2) is 6.65. The van der Waals surface area contributed by atoms with Gasteiger partial charge in [-0.05, 0) is 36.6 Å². The van der Waals surface area contributed by atoms with Crippen molar-refractivity contribution in [3.05, 3.63) is 29.6 Å². The van der Waals surface area contributed by atoms with E-state index in [4.69, 9.17) is 0 Å². The first-order valence-electron chi connectivity index (χ1n) is 7.01. The monoisotopic (exact) mass is 300 g/mol. The van der Waals surface area contributed by atoms with Gasteiger partial charge in [0.05, 0.1) is 0 Å². The van der Waals surface area contributed by atoms with Crippen LogP contribution in [0.4, 0.5) is 4.39 Å². The van der Waals surface area contributed by atoms with Crippen LogP contribution in [-0.4, -0.2) is 21.5 Å². The van der Waals surface area contributed by atoms with Gasteiger partial charge in [-0.25, -0.2) is 17.5 Å². The molecule has 2 N–H and O–H groups in total. The molecule has 1 aliphatic carbocycles. The van der Waals surface area contributed by atoms with Crippen LogP contribution >= 0.6 is 0 Å². The van der Waals surface area contributed by atoms with Crippen molar-refractivity contribution in [2.75, 3.05) is 13.1 Å². The summed E-state index contributed by atoms with van der Waals surface area (Å²) in [6.45, 7) is 3.65. The molecule has 0 aliphatic heterocycles. The van der Waals surface area contributed by atoms with Crippen molar-refractivity contribution in [3.8, 4) is 0 Å². The van der Waals surface area contributed by atoms with Crippen LogP contribution in [-0.2, 0) is 16.6 Å². The average molecular weight is 300 g/mol. The van der Waals surface area contributed by atoms with E-state index in [0.29, 0.717) is 19.0 Å². The van der Waals surface area contributed by atoms with E-state index in [9.17, 15) is 12.8 Å². The van der Waals surface area contributed by atoms with Crippen LogP contribution < -0.4 is 10.0 Å². The second-order valence-electron chi connectivity index (χ2n) is 5.17. The fourth-order valence-electron chi connectivity index (χ4n) is 2.02. The standard InChI is InChI=1S/C14H21FN2O2S/c1-2-16-10-12-5-6-14(13(15)9-12)20(18,19)17-8-7-11-3-4-11/h5-6,9,11,16-17H,2-4,7-8,10H2,1H3. The van der Waals surface area contributed by atoms with Gasteiger partial charge in [0.15, 0.2) is 0 Å². The van der Waals surface area contributed by atoms with Crippen LogP contribution in [0.1, 0.15) is 31.7 Å². The Morgan fingerprint density at radius 1 is 1.35 bits per heavy atom. The molecule has 0 spiro atoms. The minimum absolute atomic E-state index is 0.270. The summed E-state index contributed by atoms with van der Waals surface area (Å²) in [6, 6.07) is 4.25. The molecule has 1 aromatic rings. The Morgan fingerprint density at radius 2 is 2.10 bits per heavy atom. The van der Waals surface area contributed by atoms with Gasteiger partial charge >= 0.3 is 0 Å². The normalized spacial score (nSPS) is 15.5. The highest BCUT2D eigenvalue weighted by Crippen LogP contribution is 2.31. The van der Waals surface area contributed by atoms with Gasteiger partial charge in [-0.2, -0.15) is 0 Å². The summed E-state index contributed by atoms with van der Waals surface area (Å²) in [6.07, 6.45) is 3.18. The molecule has 1 fully saturated rings. The Labute approximate surface area is 119 Å². The number of nitrogens with one attached hydrogen (secondary N) is 2. The smallest absolute Gasteiger partial charge is 0.243 e. The summed E-state index contributed by atoms with van der Waals surface area (Å²) in [5.41, 5.74) is 0.737. The largest absolute Gasteiger partial charge is 0.313 e. The number of sulfonamides is 1. The topological polar surface area (TPSA) is 58.2 Å². The summed E-state index contributed by atoms with van der Waals surface area (Å²) in [5, 5.41) is 3.07. The van der Waals surface area contributed by atoms with Gasteiger partial charge in [0, 0.05) is 13.1 Å². The van der Waals surface area contributed by atoms with Crippen molar-refractivity contribution in [1.29, 1.82) is 0 Å². The lowest BCUT2D eigenvalue weighted by atomic mass is 10.2. The summed E-state index contributed by atoms with van der Waals surface area (Å²) < 4.78 is 40.4. The van der Waals surface area contributed by atoms with Crippen LogP contribution in [0.25, 0.3) is 0 Å². The Balaban J connectivity index is 2.01. The van der Waals surface area contributed by atoms with E-state index in [0.717, 1.165) is 18.5 Å². The van der Waals surface area contributed by atoms with E-state index < -0.39 is 15.8 Å². The minimum Gasteiger partial charge on any atom is -0.313 e. The molecule has 112 valence electrons. The Morgan fingerprint density at radius 3 is 2.70 bits per heavy atom. The van der Waals surface area contributed by atoms with Crippen molar-refractivity contribution in [2.24, 2.45) is 5.92 Å². The molecule has 0 atom stereocenters.